The van der Waals surface area contributed by atoms with Crippen LogP contribution in [0.25, 0.3) is 0 Å². The Morgan fingerprint density at radius 1 is 1.31 bits per heavy atom. The smallest absolute Gasteiger partial charge is 0.101 e. The zero-order valence-corrected chi connectivity index (χ0v) is 8.00. The monoisotopic (exact) mass is 179 g/mol. The highest BCUT2D eigenvalue weighted by Gasteiger charge is 2.35. The average Bonchev–Trinajstić information content (AvgIpc) is 2.92. The van der Waals surface area contributed by atoms with Crippen LogP contribution in [0, 0.1) is 17.2 Å². The summed E-state index contributed by atoms with van der Waals surface area (Å²) in [5.41, 5.74) is 0. The van der Waals surface area contributed by atoms with Gasteiger partial charge in [-0.2, -0.15) is 5.26 Å². The Kier molecular flexibility index (Phi) is 2.82. The Labute approximate surface area is 79.7 Å². The summed E-state index contributed by atoms with van der Waals surface area (Å²) in [6, 6.07) is 2.67. The van der Waals surface area contributed by atoms with Gasteiger partial charge in [0.15, 0.2) is 0 Å². The molecular weight excluding hydrogens is 162 g/mol. The van der Waals surface area contributed by atoms with Crippen LogP contribution in [0.3, 0.4) is 0 Å². The van der Waals surface area contributed by atoms with Crippen molar-refractivity contribution >= 4 is 0 Å². The average molecular weight is 179 g/mol. The molecule has 1 unspecified atom stereocenters. The lowest BCUT2D eigenvalue weighted by molar-refractivity contribution is 0.230. The molecule has 1 N–H and O–H groups in total. The van der Waals surface area contributed by atoms with Gasteiger partial charge in [-0.25, -0.2) is 0 Å². The molecule has 0 spiro atoms. The van der Waals surface area contributed by atoms with Crippen molar-refractivity contribution < 1.29 is 0 Å². The Balaban J connectivity index is 1.91. The van der Waals surface area contributed by atoms with Gasteiger partial charge in [0.1, 0.15) is 6.04 Å². The van der Waals surface area contributed by atoms with Crippen LogP contribution < -0.4 is 5.32 Å². The molecule has 1 heterocycles. The molecule has 0 aromatic carbocycles. The summed E-state index contributed by atoms with van der Waals surface area (Å²) in [6.07, 6.45) is 3.72. The predicted octanol–water partition coefficient (Wildman–Crippen LogP) is 0.584. The molecule has 72 valence electrons. The quantitative estimate of drug-likeness (QED) is 0.674. The van der Waals surface area contributed by atoms with Gasteiger partial charge >= 0.3 is 0 Å². The van der Waals surface area contributed by atoms with Crippen LogP contribution in [0.5, 0.6) is 0 Å². The number of nitriles is 1. The third-order valence-electron chi connectivity index (χ3n) is 2.97. The summed E-state index contributed by atoms with van der Waals surface area (Å²) in [5, 5.41) is 12.4. The van der Waals surface area contributed by atoms with Crippen LogP contribution in [0.1, 0.15) is 19.3 Å². The van der Waals surface area contributed by atoms with Crippen molar-refractivity contribution in [2.45, 2.75) is 25.3 Å². The molecule has 2 fully saturated rings. The van der Waals surface area contributed by atoms with Crippen molar-refractivity contribution in [3.8, 4) is 6.07 Å². The molecule has 0 radical (unpaired) electrons. The standard InChI is InChI=1S/C10H17N3/c11-8-10(9-2-3-9)13-6-1-4-12-5-7-13/h9-10,12H,1-7H2. The van der Waals surface area contributed by atoms with Crippen LogP contribution >= 0.6 is 0 Å². The molecule has 0 aromatic heterocycles. The molecular formula is C10H17N3. The van der Waals surface area contributed by atoms with Gasteiger partial charge in [-0.15, -0.1) is 0 Å². The highest BCUT2D eigenvalue weighted by Crippen LogP contribution is 2.35. The van der Waals surface area contributed by atoms with Crippen LogP contribution in [-0.4, -0.2) is 37.1 Å². The van der Waals surface area contributed by atoms with Gasteiger partial charge < -0.3 is 5.32 Å². The normalized spacial score (nSPS) is 27.6. The van der Waals surface area contributed by atoms with Crippen molar-refractivity contribution in [3.05, 3.63) is 0 Å². The molecule has 1 aliphatic carbocycles. The fourth-order valence-corrected chi connectivity index (χ4v) is 2.04. The summed E-state index contributed by atoms with van der Waals surface area (Å²) in [4.78, 5) is 2.36. The molecule has 3 nitrogen and oxygen atoms in total. The molecule has 13 heavy (non-hydrogen) atoms. The minimum absolute atomic E-state index is 0.208. The molecule has 1 atom stereocenters. The minimum Gasteiger partial charge on any atom is -0.315 e. The van der Waals surface area contributed by atoms with Crippen LogP contribution in [0.2, 0.25) is 0 Å². The summed E-state index contributed by atoms with van der Waals surface area (Å²) >= 11 is 0. The Morgan fingerprint density at radius 3 is 2.85 bits per heavy atom. The van der Waals surface area contributed by atoms with E-state index in [1.807, 2.05) is 0 Å². The van der Waals surface area contributed by atoms with Crippen LogP contribution in [0.4, 0.5) is 0 Å². The topological polar surface area (TPSA) is 39.1 Å². The van der Waals surface area contributed by atoms with Crippen molar-refractivity contribution in [1.29, 1.82) is 5.26 Å². The third-order valence-corrected chi connectivity index (χ3v) is 2.97. The largest absolute Gasteiger partial charge is 0.315 e. The van der Waals surface area contributed by atoms with Gasteiger partial charge in [-0.05, 0) is 31.7 Å². The highest BCUT2D eigenvalue weighted by atomic mass is 15.2. The summed E-state index contributed by atoms with van der Waals surface area (Å²) in [7, 11) is 0. The van der Waals surface area contributed by atoms with E-state index in [9.17, 15) is 0 Å². The van der Waals surface area contributed by atoms with Gasteiger partial charge in [0.05, 0.1) is 6.07 Å². The van der Waals surface area contributed by atoms with E-state index in [1.54, 1.807) is 0 Å². The molecule has 0 bridgehead atoms. The second kappa shape index (κ2) is 4.08. The number of nitrogens with zero attached hydrogens (tertiary/aromatic N) is 2. The second-order valence-corrected chi connectivity index (χ2v) is 4.05. The number of hydrogen-bond acceptors (Lipinski definition) is 3. The first-order valence-corrected chi connectivity index (χ1v) is 5.26. The van der Waals surface area contributed by atoms with E-state index in [0.29, 0.717) is 5.92 Å². The number of rotatable bonds is 2. The van der Waals surface area contributed by atoms with E-state index in [2.05, 4.69) is 16.3 Å². The summed E-state index contributed by atoms with van der Waals surface area (Å²) in [6.45, 7) is 4.31. The summed E-state index contributed by atoms with van der Waals surface area (Å²) < 4.78 is 0. The Morgan fingerprint density at radius 2 is 2.15 bits per heavy atom. The molecule has 0 aromatic rings. The van der Waals surface area contributed by atoms with Crippen LogP contribution in [0.15, 0.2) is 0 Å². The Hall–Kier alpha value is -0.590. The van der Waals surface area contributed by atoms with Gasteiger partial charge in [0.2, 0.25) is 0 Å². The summed E-state index contributed by atoms with van der Waals surface area (Å²) in [5.74, 6) is 0.683. The lowest BCUT2D eigenvalue weighted by atomic mass is 10.1. The van der Waals surface area contributed by atoms with Gasteiger partial charge in [-0.3, -0.25) is 4.90 Å². The second-order valence-electron chi connectivity index (χ2n) is 4.05. The lowest BCUT2D eigenvalue weighted by Gasteiger charge is -2.24. The maximum absolute atomic E-state index is 9.07. The fraction of sp³-hybridized carbons (Fsp3) is 0.900. The van der Waals surface area contributed by atoms with Crippen molar-refractivity contribution in [3.63, 3.8) is 0 Å². The third kappa shape index (κ3) is 2.20. The SMILES string of the molecule is N#CC(C1CC1)N1CCCNCC1. The van der Waals surface area contributed by atoms with Crippen molar-refractivity contribution in [2.24, 2.45) is 5.92 Å². The fourth-order valence-electron chi connectivity index (χ4n) is 2.04. The zero-order valence-electron chi connectivity index (χ0n) is 8.00. The first-order valence-electron chi connectivity index (χ1n) is 5.26. The van der Waals surface area contributed by atoms with Crippen molar-refractivity contribution in [1.82, 2.24) is 10.2 Å². The molecule has 1 aliphatic heterocycles. The minimum atomic E-state index is 0.208. The zero-order chi connectivity index (χ0) is 9.10. The maximum atomic E-state index is 9.07. The molecule has 2 rings (SSSR count). The molecule has 1 saturated heterocycles. The lowest BCUT2D eigenvalue weighted by Crippen LogP contribution is -2.38. The first-order chi connectivity index (χ1) is 6.42. The van der Waals surface area contributed by atoms with E-state index < -0.39 is 0 Å². The predicted molar refractivity (Wildman–Crippen MR) is 51.2 cm³/mol. The number of nitrogens with one attached hydrogen (secondary N) is 1. The molecule has 3 heteroatoms. The highest BCUT2D eigenvalue weighted by molar-refractivity contribution is 5.02. The number of hydrogen-bond donors (Lipinski definition) is 1. The van der Waals surface area contributed by atoms with Gasteiger partial charge in [0, 0.05) is 19.6 Å². The van der Waals surface area contributed by atoms with E-state index in [-0.39, 0.29) is 6.04 Å². The van der Waals surface area contributed by atoms with E-state index >= 15 is 0 Å². The van der Waals surface area contributed by atoms with Gasteiger partial charge in [-0.1, -0.05) is 0 Å². The molecule has 2 aliphatic rings. The molecule has 0 amide bonds. The van der Waals surface area contributed by atoms with Gasteiger partial charge in [0.25, 0.3) is 0 Å². The Bertz CT molecular complexity index is 197. The van der Waals surface area contributed by atoms with Crippen LogP contribution in [-0.2, 0) is 0 Å². The van der Waals surface area contributed by atoms with E-state index in [0.717, 1.165) is 26.2 Å². The first kappa shape index (κ1) is 8.98. The van der Waals surface area contributed by atoms with E-state index in [4.69, 9.17) is 5.26 Å². The maximum Gasteiger partial charge on any atom is 0.101 e. The van der Waals surface area contributed by atoms with Crippen molar-refractivity contribution in [2.75, 3.05) is 26.2 Å². The van der Waals surface area contributed by atoms with E-state index in [1.165, 1.54) is 19.3 Å². The molecule has 1 saturated carbocycles.